The Labute approximate surface area is 175 Å². The molecule has 2 N–H and O–H groups in total. The lowest BCUT2D eigenvalue weighted by molar-refractivity contribution is 0.173. The summed E-state index contributed by atoms with van der Waals surface area (Å²) in [6.45, 7) is 4.62. The first kappa shape index (κ1) is 19.8. The first-order chi connectivity index (χ1) is 14.3. The number of ether oxygens (including phenoxy) is 3. The highest BCUT2D eigenvalue weighted by Gasteiger charge is 2.24. The van der Waals surface area contributed by atoms with E-state index in [0.717, 1.165) is 29.8 Å². The van der Waals surface area contributed by atoms with E-state index in [1.165, 1.54) is 30.8 Å². The number of aliphatic imine (C=N–C) groups is 1. The van der Waals surface area contributed by atoms with Crippen LogP contribution in [-0.2, 0) is 0 Å². The highest BCUT2D eigenvalue weighted by molar-refractivity contribution is 7.10. The van der Waals surface area contributed by atoms with Gasteiger partial charge in [0.25, 0.3) is 0 Å². The molecular formula is C21H28N4O3S. The van der Waals surface area contributed by atoms with Gasteiger partial charge in [-0.3, -0.25) is 9.89 Å². The number of thiophene rings is 1. The molecule has 1 saturated heterocycles. The molecule has 4 rings (SSSR count). The van der Waals surface area contributed by atoms with Crippen LogP contribution in [0.3, 0.4) is 0 Å². The van der Waals surface area contributed by atoms with Crippen LogP contribution < -0.4 is 24.8 Å². The molecule has 2 aliphatic rings. The number of hydrogen-bond donors (Lipinski definition) is 2. The van der Waals surface area contributed by atoms with Crippen molar-refractivity contribution < 1.29 is 14.2 Å². The minimum atomic E-state index is 0.270. The number of rotatable bonds is 8. The minimum Gasteiger partial charge on any atom is -0.492 e. The molecule has 1 unspecified atom stereocenters. The number of nitrogens with zero attached hydrogens (tertiary/aromatic N) is 2. The van der Waals surface area contributed by atoms with E-state index in [-0.39, 0.29) is 6.79 Å². The fourth-order valence-electron chi connectivity index (χ4n) is 3.66. The third kappa shape index (κ3) is 5.13. The normalized spacial score (nSPS) is 17.3. The molecule has 1 atom stereocenters. The lowest BCUT2D eigenvalue weighted by Gasteiger charge is -2.27. The van der Waals surface area contributed by atoms with Crippen molar-refractivity contribution in [2.24, 2.45) is 4.99 Å². The maximum Gasteiger partial charge on any atom is 0.231 e. The van der Waals surface area contributed by atoms with Gasteiger partial charge in [-0.25, -0.2) is 0 Å². The van der Waals surface area contributed by atoms with Gasteiger partial charge in [-0.05, 0) is 49.5 Å². The Balaban J connectivity index is 1.23. The lowest BCUT2D eigenvalue weighted by Crippen LogP contribution is -2.43. The van der Waals surface area contributed by atoms with Crippen molar-refractivity contribution in [2.45, 2.75) is 18.9 Å². The third-order valence-corrected chi connectivity index (χ3v) is 6.12. The maximum absolute atomic E-state index is 5.80. The van der Waals surface area contributed by atoms with Gasteiger partial charge in [0.2, 0.25) is 6.79 Å². The summed E-state index contributed by atoms with van der Waals surface area (Å²) in [5, 5.41) is 8.96. The van der Waals surface area contributed by atoms with Gasteiger partial charge in [0, 0.05) is 24.5 Å². The van der Waals surface area contributed by atoms with Crippen molar-refractivity contribution in [1.82, 2.24) is 15.5 Å². The molecule has 0 spiro atoms. The number of guanidine groups is 1. The Bertz CT molecular complexity index is 806. The fraction of sp³-hybridized carbons (Fsp3) is 0.476. The van der Waals surface area contributed by atoms with Gasteiger partial charge < -0.3 is 24.8 Å². The summed E-state index contributed by atoms with van der Waals surface area (Å²) in [5.41, 5.74) is 0. The van der Waals surface area contributed by atoms with Crippen LogP contribution in [0.15, 0.2) is 40.7 Å². The third-order valence-electron chi connectivity index (χ3n) is 5.15. The molecule has 0 amide bonds. The summed E-state index contributed by atoms with van der Waals surface area (Å²) < 4.78 is 16.5. The van der Waals surface area contributed by atoms with Crippen molar-refractivity contribution in [3.05, 3.63) is 40.6 Å². The molecule has 3 heterocycles. The molecule has 0 saturated carbocycles. The Morgan fingerprint density at radius 2 is 2.07 bits per heavy atom. The monoisotopic (exact) mass is 416 g/mol. The minimum absolute atomic E-state index is 0.270. The summed E-state index contributed by atoms with van der Waals surface area (Å²) in [7, 11) is 1.80. The second kappa shape index (κ2) is 9.84. The molecule has 1 aromatic heterocycles. The summed E-state index contributed by atoms with van der Waals surface area (Å²) in [6, 6.07) is 10.4. The number of hydrogen-bond acceptors (Lipinski definition) is 6. The first-order valence-electron chi connectivity index (χ1n) is 10.1. The van der Waals surface area contributed by atoms with Crippen LogP contribution in [0.5, 0.6) is 17.2 Å². The van der Waals surface area contributed by atoms with E-state index in [1.807, 2.05) is 29.5 Å². The van der Waals surface area contributed by atoms with E-state index in [9.17, 15) is 0 Å². The van der Waals surface area contributed by atoms with Crippen LogP contribution in [0.2, 0.25) is 0 Å². The van der Waals surface area contributed by atoms with Crippen molar-refractivity contribution in [1.29, 1.82) is 0 Å². The van der Waals surface area contributed by atoms with E-state index in [0.29, 0.717) is 19.2 Å². The maximum atomic E-state index is 5.80. The Kier molecular flexibility index (Phi) is 6.74. The molecule has 2 aromatic rings. The second-order valence-electron chi connectivity index (χ2n) is 7.02. The standard InChI is InChI=1S/C21H28N4O3S/c1-22-21(23-8-11-26-16-6-7-18-19(13-16)28-15-27-18)24-14-17(20-5-4-12-29-20)25-9-2-3-10-25/h4-7,12-13,17H,2-3,8-11,14-15H2,1H3,(H2,22,23,24). The molecule has 0 aliphatic carbocycles. The first-order valence-corrected chi connectivity index (χ1v) is 11.0. The molecule has 29 heavy (non-hydrogen) atoms. The molecule has 1 aromatic carbocycles. The predicted molar refractivity (Wildman–Crippen MR) is 115 cm³/mol. The van der Waals surface area contributed by atoms with E-state index in [2.05, 4.69) is 38.0 Å². The van der Waals surface area contributed by atoms with Crippen molar-refractivity contribution in [3.63, 3.8) is 0 Å². The molecule has 1 fully saturated rings. The Morgan fingerprint density at radius 3 is 2.86 bits per heavy atom. The van der Waals surface area contributed by atoms with E-state index >= 15 is 0 Å². The van der Waals surface area contributed by atoms with Gasteiger partial charge in [-0.2, -0.15) is 0 Å². The van der Waals surface area contributed by atoms with Crippen LogP contribution in [0.4, 0.5) is 0 Å². The quantitative estimate of drug-likeness (QED) is 0.392. The molecule has 8 heteroatoms. The average molecular weight is 417 g/mol. The number of nitrogens with one attached hydrogen (secondary N) is 2. The second-order valence-corrected chi connectivity index (χ2v) is 8.00. The zero-order valence-corrected chi connectivity index (χ0v) is 17.5. The van der Waals surface area contributed by atoms with Crippen LogP contribution in [-0.4, -0.2) is 57.5 Å². The van der Waals surface area contributed by atoms with E-state index < -0.39 is 0 Å². The van der Waals surface area contributed by atoms with Crippen LogP contribution >= 0.6 is 11.3 Å². The smallest absolute Gasteiger partial charge is 0.231 e. The number of fused-ring (bicyclic) bond motifs is 1. The average Bonchev–Trinajstić information content (AvgIpc) is 3.52. The van der Waals surface area contributed by atoms with Crippen LogP contribution in [0, 0.1) is 0 Å². The zero-order chi connectivity index (χ0) is 19.9. The van der Waals surface area contributed by atoms with Gasteiger partial charge in [0.05, 0.1) is 12.6 Å². The molecule has 7 nitrogen and oxygen atoms in total. The number of benzene rings is 1. The van der Waals surface area contributed by atoms with Gasteiger partial charge >= 0.3 is 0 Å². The van der Waals surface area contributed by atoms with Crippen molar-refractivity contribution in [2.75, 3.05) is 46.6 Å². The predicted octanol–water partition coefficient (Wildman–Crippen LogP) is 2.86. The number of likely N-dealkylation sites (tertiary alicyclic amines) is 1. The fourth-order valence-corrected chi connectivity index (χ4v) is 4.52. The van der Waals surface area contributed by atoms with Gasteiger partial charge in [-0.15, -0.1) is 11.3 Å². The molecule has 2 aliphatic heterocycles. The van der Waals surface area contributed by atoms with Crippen molar-refractivity contribution >= 4 is 17.3 Å². The SMILES string of the molecule is CN=C(NCCOc1ccc2c(c1)OCO2)NCC(c1cccs1)N1CCCC1. The zero-order valence-electron chi connectivity index (χ0n) is 16.7. The summed E-state index contributed by atoms with van der Waals surface area (Å²) in [4.78, 5) is 8.32. The summed E-state index contributed by atoms with van der Waals surface area (Å²) in [6.07, 6.45) is 2.57. The van der Waals surface area contributed by atoms with Crippen LogP contribution in [0.25, 0.3) is 0 Å². The largest absolute Gasteiger partial charge is 0.492 e. The molecular weight excluding hydrogens is 388 g/mol. The highest BCUT2D eigenvalue weighted by Crippen LogP contribution is 2.35. The Hall–Kier alpha value is -2.45. The molecule has 0 bridgehead atoms. The summed E-state index contributed by atoms with van der Waals surface area (Å²) in [5.74, 6) is 3.05. The van der Waals surface area contributed by atoms with Crippen molar-refractivity contribution in [3.8, 4) is 17.2 Å². The summed E-state index contributed by atoms with van der Waals surface area (Å²) >= 11 is 1.82. The van der Waals surface area contributed by atoms with E-state index in [1.54, 1.807) is 7.05 Å². The van der Waals surface area contributed by atoms with Gasteiger partial charge in [0.15, 0.2) is 17.5 Å². The highest BCUT2D eigenvalue weighted by atomic mass is 32.1. The van der Waals surface area contributed by atoms with Gasteiger partial charge in [0.1, 0.15) is 12.4 Å². The van der Waals surface area contributed by atoms with E-state index in [4.69, 9.17) is 14.2 Å². The topological polar surface area (TPSA) is 67.4 Å². The van der Waals surface area contributed by atoms with Gasteiger partial charge in [-0.1, -0.05) is 6.07 Å². The van der Waals surface area contributed by atoms with Crippen LogP contribution in [0.1, 0.15) is 23.8 Å². The Morgan fingerprint density at radius 1 is 1.21 bits per heavy atom. The lowest BCUT2D eigenvalue weighted by atomic mass is 10.2. The molecule has 156 valence electrons. The molecule has 0 radical (unpaired) electrons.